The standard InChI is InChI=1S/C25H15Cl2N3O13S2/c26-11-7-10(25(35)43-30-14(31)5-6-15(30)32)19(27)18(24(33)34)17(11)16-8-1-3-12(28)22(44(36,37)38)20(8)42-21-9(16)2-4-13(29)23(21)45(39,40)41/h1-4,7,28H,5-6,29H2,(H,33,34)(H,36,37,38)(H,39,40,41). The molecule has 0 atom stereocenters. The van der Waals surface area contributed by atoms with Gasteiger partial charge in [-0.1, -0.05) is 23.2 Å². The zero-order chi connectivity index (χ0) is 33.3. The Balaban J connectivity index is 1.95. The molecule has 0 unspecified atom stereocenters. The molecule has 0 saturated carbocycles. The van der Waals surface area contributed by atoms with E-state index in [4.69, 9.17) is 43.6 Å². The number of carboxylic acid groups (broad SMARTS) is 1. The zero-order valence-corrected chi connectivity index (χ0v) is 25.0. The molecule has 2 aromatic rings. The molecule has 0 bridgehead atoms. The number of halogens is 2. The van der Waals surface area contributed by atoms with Gasteiger partial charge >= 0.3 is 22.1 Å². The molecule has 1 fully saturated rings. The first kappa shape index (κ1) is 31.8. The summed E-state index contributed by atoms with van der Waals surface area (Å²) in [5.74, 6) is -5.83. The summed E-state index contributed by atoms with van der Waals surface area (Å²) in [6.45, 7) is 0. The Labute approximate surface area is 260 Å². The fourth-order valence-electron chi connectivity index (χ4n) is 4.80. The number of amides is 2. The highest BCUT2D eigenvalue weighted by Gasteiger charge is 2.37. The topological polar surface area (TPSA) is 277 Å². The van der Waals surface area contributed by atoms with Gasteiger partial charge < -0.3 is 24.6 Å². The van der Waals surface area contributed by atoms with Crippen LogP contribution in [0.1, 0.15) is 33.6 Å². The third-order valence-corrected chi connectivity index (χ3v) is 9.16. The van der Waals surface area contributed by atoms with Gasteiger partial charge in [0.05, 0.1) is 26.9 Å². The van der Waals surface area contributed by atoms with Gasteiger partial charge in [-0.2, -0.15) is 8.42 Å². The quantitative estimate of drug-likeness (QED) is 0.0938. The van der Waals surface area contributed by atoms with Crippen molar-refractivity contribution in [3.63, 3.8) is 0 Å². The van der Waals surface area contributed by atoms with Crippen LogP contribution in [0.3, 0.4) is 0 Å². The highest BCUT2D eigenvalue weighted by Crippen LogP contribution is 2.49. The van der Waals surface area contributed by atoms with Crippen molar-refractivity contribution in [2.45, 2.75) is 22.6 Å². The Morgan fingerprint density at radius 3 is 2.20 bits per heavy atom. The van der Waals surface area contributed by atoms with Crippen LogP contribution in [0.2, 0.25) is 10.0 Å². The van der Waals surface area contributed by atoms with E-state index in [2.05, 4.69) is 0 Å². The molecule has 20 heteroatoms. The van der Waals surface area contributed by atoms with Crippen molar-refractivity contribution in [2.24, 2.45) is 0 Å². The number of aromatic carboxylic acids is 1. The van der Waals surface area contributed by atoms with Crippen LogP contribution in [0.25, 0.3) is 33.4 Å². The van der Waals surface area contributed by atoms with Gasteiger partial charge in [0.1, 0.15) is 15.0 Å². The smallest absolute Gasteiger partial charge is 0.365 e. The second-order valence-corrected chi connectivity index (χ2v) is 12.8. The third kappa shape index (κ3) is 5.26. The lowest BCUT2D eigenvalue weighted by atomic mass is 9.89. The number of rotatable bonds is 6. The summed E-state index contributed by atoms with van der Waals surface area (Å²) in [6, 6.07) is 4.98. The number of nitrogen functional groups attached to an aromatic ring is 1. The SMILES string of the molecule is Nc1ccc2c(-c3c(Cl)cc(C(=O)ON4C(=O)CCC4=O)c(Cl)c3C(=O)O)c3ccc(=[NH2+])c(S(=O)(=O)O)c-3oc2c1S(=O)(=O)[O-]. The van der Waals surface area contributed by atoms with Gasteiger partial charge in [0.25, 0.3) is 11.8 Å². The van der Waals surface area contributed by atoms with E-state index in [-0.39, 0.29) is 28.9 Å². The number of anilines is 1. The number of nitrogens with two attached hydrogens (primary N) is 2. The van der Waals surface area contributed by atoms with Crippen LogP contribution in [-0.2, 0) is 34.7 Å². The van der Waals surface area contributed by atoms with Crippen LogP contribution in [0.15, 0.2) is 44.5 Å². The van der Waals surface area contributed by atoms with Gasteiger partial charge in [-0.3, -0.25) is 19.6 Å². The maximum Gasteiger partial charge on any atom is 0.365 e. The van der Waals surface area contributed by atoms with Gasteiger partial charge in [-0.15, -0.1) is 5.06 Å². The van der Waals surface area contributed by atoms with E-state index in [0.717, 1.165) is 30.3 Å². The Hall–Kier alpha value is -4.59. The molecule has 6 N–H and O–H groups in total. The van der Waals surface area contributed by atoms with E-state index in [9.17, 15) is 50.2 Å². The van der Waals surface area contributed by atoms with Gasteiger partial charge in [0, 0.05) is 41.0 Å². The summed E-state index contributed by atoms with van der Waals surface area (Å²) in [6.07, 6.45) is -0.498. The van der Waals surface area contributed by atoms with Crippen LogP contribution in [-0.4, -0.2) is 59.9 Å². The van der Waals surface area contributed by atoms with Crippen LogP contribution in [0.4, 0.5) is 5.69 Å². The summed E-state index contributed by atoms with van der Waals surface area (Å²) in [5.41, 5.74) is 1.27. The number of carbonyl (C=O) groups is 4. The Kier molecular flexibility index (Phi) is 7.63. The predicted molar refractivity (Wildman–Crippen MR) is 149 cm³/mol. The minimum atomic E-state index is -5.48. The van der Waals surface area contributed by atoms with Crippen molar-refractivity contribution in [2.75, 3.05) is 5.73 Å². The van der Waals surface area contributed by atoms with Crippen molar-refractivity contribution in [3.05, 3.63) is 56.9 Å². The molecule has 16 nitrogen and oxygen atoms in total. The minimum Gasteiger partial charge on any atom is -0.744 e. The number of fused-ring (bicyclic) bond motifs is 2. The number of imide groups is 1. The van der Waals surface area contributed by atoms with E-state index in [1.165, 1.54) is 0 Å². The lowest BCUT2D eigenvalue weighted by Crippen LogP contribution is -2.47. The molecule has 234 valence electrons. The molecule has 1 saturated heterocycles. The third-order valence-electron chi connectivity index (χ3n) is 6.62. The van der Waals surface area contributed by atoms with E-state index in [1.54, 1.807) is 0 Å². The first-order chi connectivity index (χ1) is 20.8. The second kappa shape index (κ2) is 10.8. The summed E-state index contributed by atoms with van der Waals surface area (Å²) in [4.78, 5) is 52.1. The normalized spacial score (nSPS) is 14.0. The monoisotopic (exact) mass is 699 g/mol. The van der Waals surface area contributed by atoms with E-state index < -0.39 is 108 Å². The molecular formula is C25H15Cl2N3O13S2. The first-order valence-corrected chi connectivity index (χ1v) is 15.6. The van der Waals surface area contributed by atoms with Gasteiger partial charge in [-0.25, -0.2) is 18.0 Å². The minimum absolute atomic E-state index is 0.178. The first-order valence-electron chi connectivity index (χ1n) is 12.0. The molecule has 0 spiro atoms. The lowest BCUT2D eigenvalue weighted by Gasteiger charge is -2.22. The number of hydrogen-bond acceptors (Lipinski definition) is 12. The molecule has 2 amide bonds. The second-order valence-electron chi connectivity index (χ2n) is 9.36. The van der Waals surface area contributed by atoms with E-state index in [1.807, 2.05) is 0 Å². The summed E-state index contributed by atoms with van der Waals surface area (Å²) < 4.78 is 77.1. The van der Waals surface area contributed by atoms with Crippen molar-refractivity contribution < 1.29 is 64.9 Å². The van der Waals surface area contributed by atoms with E-state index >= 15 is 0 Å². The highest BCUT2D eigenvalue weighted by molar-refractivity contribution is 7.86. The number of benzene rings is 3. The number of carboxylic acids is 1. The zero-order valence-electron chi connectivity index (χ0n) is 21.9. The van der Waals surface area contributed by atoms with Gasteiger partial charge in [0.15, 0.2) is 11.3 Å². The van der Waals surface area contributed by atoms with Crippen molar-refractivity contribution in [1.29, 1.82) is 0 Å². The van der Waals surface area contributed by atoms with Gasteiger partial charge in [0.2, 0.25) is 10.3 Å². The van der Waals surface area contributed by atoms with Crippen molar-refractivity contribution in [3.8, 4) is 22.5 Å². The summed E-state index contributed by atoms with van der Waals surface area (Å²) in [7, 11) is -10.7. The lowest BCUT2D eigenvalue weighted by molar-refractivity contribution is -0.176. The summed E-state index contributed by atoms with van der Waals surface area (Å²) in [5, 5.41) is 13.8. The van der Waals surface area contributed by atoms with Crippen molar-refractivity contribution in [1.82, 2.24) is 5.06 Å². The number of carbonyl (C=O) groups excluding carboxylic acids is 3. The largest absolute Gasteiger partial charge is 0.744 e. The van der Waals surface area contributed by atoms with Crippen LogP contribution >= 0.6 is 23.2 Å². The molecule has 0 aromatic heterocycles. The summed E-state index contributed by atoms with van der Waals surface area (Å²) >= 11 is 12.9. The maximum absolute atomic E-state index is 13.0. The Morgan fingerprint density at radius 1 is 1.02 bits per heavy atom. The highest BCUT2D eigenvalue weighted by atomic mass is 35.5. The average molecular weight is 700 g/mol. The fraction of sp³-hybridized carbons (Fsp3) is 0.0800. The molecule has 3 aliphatic rings. The molecule has 2 aromatic carbocycles. The van der Waals surface area contributed by atoms with Crippen LogP contribution in [0.5, 0.6) is 0 Å². The number of hydroxylamine groups is 2. The Morgan fingerprint density at radius 2 is 1.64 bits per heavy atom. The molecule has 1 aliphatic carbocycles. The molecule has 0 radical (unpaired) electrons. The molecule has 2 aliphatic heterocycles. The molecule has 45 heavy (non-hydrogen) atoms. The van der Waals surface area contributed by atoms with Crippen LogP contribution < -0.4 is 16.5 Å². The van der Waals surface area contributed by atoms with Crippen molar-refractivity contribution >= 4 is 83.8 Å². The fourth-order valence-corrected chi connectivity index (χ4v) is 6.89. The van der Waals surface area contributed by atoms with Gasteiger partial charge in [-0.05, 0) is 24.3 Å². The molecule has 2 heterocycles. The number of nitrogens with zero attached hydrogens (tertiary/aromatic N) is 1. The molecular weight excluding hydrogens is 685 g/mol. The Bertz CT molecular complexity index is 2290. The average Bonchev–Trinajstić information content (AvgIpc) is 3.22. The number of hydrogen-bond donors (Lipinski definition) is 4. The van der Waals surface area contributed by atoms with E-state index in [0.29, 0.717) is 0 Å². The molecule has 5 rings (SSSR count). The van der Waals surface area contributed by atoms with Crippen LogP contribution in [0, 0.1) is 0 Å². The predicted octanol–water partition coefficient (Wildman–Crippen LogP) is 0.823. The maximum atomic E-state index is 13.0.